The first-order valence-corrected chi connectivity index (χ1v) is 5.63. The molecule has 0 fully saturated rings. The number of rotatable bonds is 2. The minimum absolute atomic E-state index is 0.352. The fourth-order valence-electron chi connectivity index (χ4n) is 1.94. The maximum atomic E-state index is 13.3. The number of anilines is 1. The average molecular weight is 258 g/mol. The first kappa shape index (κ1) is 11.5. The van der Waals surface area contributed by atoms with Gasteiger partial charge in [0.2, 0.25) is 0 Å². The zero-order valence-electron chi connectivity index (χ0n) is 10.2. The van der Waals surface area contributed by atoms with Crippen LogP contribution in [0.5, 0.6) is 5.75 Å². The summed E-state index contributed by atoms with van der Waals surface area (Å²) >= 11 is 0. The van der Waals surface area contributed by atoms with E-state index in [2.05, 4.69) is 10.2 Å². The van der Waals surface area contributed by atoms with Crippen LogP contribution in [-0.2, 0) is 0 Å². The molecule has 1 aromatic carbocycles. The van der Waals surface area contributed by atoms with Gasteiger partial charge in [-0.05, 0) is 30.3 Å². The third-order valence-electron chi connectivity index (χ3n) is 2.85. The molecule has 3 aromatic rings. The van der Waals surface area contributed by atoms with E-state index in [9.17, 15) is 4.39 Å². The van der Waals surface area contributed by atoms with Crippen molar-refractivity contribution >= 4 is 11.3 Å². The van der Waals surface area contributed by atoms with Crippen molar-refractivity contribution in [3.63, 3.8) is 0 Å². The van der Waals surface area contributed by atoms with E-state index in [1.54, 1.807) is 35.8 Å². The molecule has 19 heavy (non-hydrogen) atoms. The molecule has 0 aliphatic heterocycles. The minimum atomic E-state index is -0.352. The summed E-state index contributed by atoms with van der Waals surface area (Å²) in [5.41, 5.74) is 7.67. The maximum Gasteiger partial charge on any atom is 0.168 e. The Morgan fingerprint density at radius 2 is 2.05 bits per heavy atom. The van der Waals surface area contributed by atoms with Crippen molar-refractivity contribution in [2.24, 2.45) is 0 Å². The molecule has 96 valence electrons. The molecule has 6 heteroatoms. The molecule has 0 bridgehead atoms. The summed E-state index contributed by atoms with van der Waals surface area (Å²) in [4.78, 5) is 0. The maximum absolute atomic E-state index is 13.3. The second kappa shape index (κ2) is 4.24. The van der Waals surface area contributed by atoms with Gasteiger partial charge in [0.1, 0.15) is 11.6 Å². The quantitative estimate of drug-likeness (QED) is 0.715. The van der Waals surface area contributed by atoms with Crippen LogP contribution >= 0.6 is 0 Å². The van der Waals surface area contributed by atoms with E-state index in [1.807, 2.05) is 0 Å². The highest BCUT2D eigenvalue weighted by Gasteiger charge is 2.10. The Morgan fingerprint density at radius 3 is 2.79 bits per heavy atom. The number of halogens is 1. The highest BCUT2D eigenvalue weighted by molar-refractivity contribution is 5.67. The third kappa shape index (κ3) is 1.87. The van der Waals surface area contributed by atoms with Crippen LogP contribution in [0.4, 0.5) is 10.1 Å². The van der Waals surface area contributed by atoms with E-state index in [-0.39, 0.29) is 5.82 Å². The zero-order chi connectivity index (χ0) is 13.4. The molecule has 0 amide bonds. The molecule has 0 aliphatic rings. The number of methoxy groups -OCH3 is 1. The lowest BCUT2D eigenvalue weighted by Gasteiger charge is -2.06. The molecular weight excluding hydrogens is 247 g/mol. The Kier molecular flexibility index (Phi) is 2.56. The largest absolute Gasteiger partial charge is 0.495 e. The van der Waals surface area contributed by atoms with Gasteiger partial charge >= 0.3 is 0 Å². The lowest BCUT2D eigenvalue weighted by Crippen LogP contribution is -1.95. The molecule has 3 rings (SSSR count). The van der Waals surface area contributed by atoms with Gasteiger partial charge < -0.3 is 10.5 Å². The molecule has 5 nitrogen and oxygen atoms in total. The van der Waals surface area contributed by atoms with Crippen LogP contribution in [0.15, 0.2) is 36.5 Å². The number of pyridine rings is 1. The second-order valence-electron chi connectivity index (χ2n) is 4.06. The van der Waals surface area contributed by atoms with Gasteiger partial charge in [0.25, 0.3) is 0 Å². The number of nitrogens with zero attached hydrogens (tertiary/aromatic N) is 3. The number of hydrogen-bond donors (Lipinski definition) is 1. The predicted octanol–water partition coefficient (Wildman–Crippen LogP) is 2.13. The number of benzene rings is 1. The van der Waals surface area contributed by atoms with Gasteiger partial charge in [-0.15, -0.1) is 10.2 Å². The summed E-state index contributed by atoms with van der Waals surface area (Å²) in [6.07, 6.45) is 1.34. The van der Waals surface area contributed by atoms with Gasteiger partial charge in [0.05, 0.1) is 12.8 Å². The summed E-state index contributed by atoms with van der Waals surface area (Å²) < 4.78 is 20.0. The van der Waals surface area contributed by atoms with Crippen molar-refractivity contribution in [2.45, 2.75) is 0 Å². The summed E-state index contributed by atoms with van der Waals surface area (Å²) in [5.74, 6) is 0.766. The second-order valence-corrected chi connectivity index (χ2v) is 4.06. The first-order chi connectivity index (χ1) is 9.19. The normalized spacial score (nSPS) is 10.8. The summed E-state index contributed by atoms with van der Waals surface area (Å²) in [5, 5.41) is 8.04. The fraction of sp³-hybridized carbons (Fsp3) is 0.0769. The van der Waals surface area contributed by atoms with Crippen molar-refractivity contribution in [1.82, 2.24) is 14.6 Å². The Balaban J connectivity index is 2.18. The lowest BCUT2D eigenvalue weighted by atomic mass is 10.2. The molecule has 2 heterocycles. The smallest absolute Gasteiger partial charge is 0.168 e. The molecule has 0 spiro atoms. The lowest BCUT2D eigenvalue weighted by molar-refractivity contribution is 0.417. The summed E-state index contributed by atoms with van der Waals surface area (Å²) in [6, 6.07) is 8.18. The summed E-state index contributed by atoms with van der Waals surface area (Å²) in [7, 11) is 1.55. The van der Waals surface area contributed by atoms with Crippen LogP contribution in [0.3, 0.4) is 0 Å². The van der Waals surface area contributed by atoms with Crippen molar-refractivity contribution in [3.05, 3.63) is 42.3 Å². The van der Waals surface area contributed by atoms with Crippen LogP contribution < -0.4 is 10.5 Å². The topological polar surface area (TPSA) is 65.4 Å². The Bertz CT molecular complexity index is 753. The first-order valence-electron chi connectivity index (χ1n) is 5.63. The average Bonchev–Trinajstić information content (AvgIpc) is 2.81. The Morgan fingerprint density at radius 1 is 1.21 bits per heavy atom. The van der Waals surface area contributed by atoms with Crippen LogP contribution in [0.2, 0.25) is 0 Å². The van der Waals surface area contributed by atoms with E-state index in [1.165, 1.54) is 12.3 Å². The molecular formula is C13H11FN4O. The molecule has 0 saturated heterocycles. The van der Waals surface area contributed by atoms with Crippen LogP contribution in [0.25, 0.3) is 17.0 Å². The molecule has 0 aliphatic carbocycles. The molecule has 0 unspecified atom stereocenters. The standard InChI is InChI=1S/C13H11FN4O/c1-19-11-4-2-8(6-10(11)15)13-17-16-12-5-3-9(14)7-18(12)13/h2-7H,15H2,1H3. The zero-order valence-corrected chi connectivity index (χ0v) is 10.2. The van der Waals surface area contributed by atoms with Crippen LogP contribution in [0, 0.1) is 5.82 Å². The number of ether oxygens (including phenoxy) is 1. The number of nitrogen functional groups attached to an aromatic ring is 1. The number of aromatic nitrogens is 3. The SMILES string of the molecule is COc1ccc(-c2nnc3ccc(F)cn23)cc1N. The Labute approximate surface area is 108 Å². The van der Waals surface area contributed by atoms with Crippen LogP contribution in [0.1, 0.15) is 0 Å². The molecule has 0 saturated carbocycles. The van der Waals surface area contributed by atoms with Crippen molar-refractivity contribution in [3.8, 4) is 17.1 Å². The number of fused-ring (bicyclic) bond motifs is 1. The number of hydrogen-bond acceptors (Lipinski definition) is 4. The number of nitrogens with two attached hydrogens (primary N) is 1. The van der Waals surface area contributed by atoms with Crippen molar-refractivity contribution in [2.75, 3.05) is 12.8 Å². The van der Waals surface area contributed by atoms with E-state index in [4.69, 9.17) is 10.5 Å². The Hall–Kier alpha value is -2.63. The molecule has 0 radical (unpaired) electrons. The van der Waals surface area contributed by atoms with E-state index < -0.39 is 0 Å². The third-order valence-corrected chi connectivity index (χ3v) is 2.85. The van der Waals surface area contributed by atoms with E-state index in [0.717, 1.165) is 5.56 Å². The van der Waals surface area contributed by atoms with Crippen molar-refractivity contribution in [1.29, 1.82) is 0 Å². The highest BCUT2D eigenvalue weighted by Crippen LogP contribution is 2.27. The van der Waals surface area contributed by atoms with Gasteiger partial charge in [-0.1, -0.05) is 0 Å². The van der Waals surface area contributed by atoms with Gasteiger partial charge in [0.15, 0.2) is 11.5 Å². The van der Waals surface area contributed by atoms with E-state index in [0.29, 0.717) is 22.9 Å². The fourth-order valence-corrected chi connectivity index (χ4v) is 1.94. The highest BCUT2D eigenvalue weighted by atomic mass is 19.1. The van der Waals surface area contributed by atoms with Gasteiger partial charge in [-0.25, -0.2) is 4.39 Å². The molecule has 2 aromatic heterocycles. The monoisotopic (exact) mass is 258 g/mol. The van der Waals surface area contributed by atoms with Crippen molar-refractivity contribution < 1.29 is 9.13 Å². The van der Waals surface area contributed by atoms with Crippen LogP contribution in [-0.4, -0.2) is 21.7 Å². The summed E-state index contributed by atoms with van der Waals surface area (Å²) in [6.45, 7) is 0. The van der Waals surface area contributed by atoms with Gasteiger partial charge in [-0.2, -0.15) is 0 Å². The minimum Gasteiger partial charge on any atom is -0.495 e. The molecule has 0 atom stereocenters. The predicted molar refractivity (Wildman–Crippen MR) is 69.3 cm³/mol. The van der Waals surface area contributed by atoms with Gasteiger partial charge in [0, 0.05) is 11.8 Å². The van der Waals surface area contributed by atoms with Gasteiger partial charge in [-0.3, -0.25) is 4.40 Å². The van der Waals surface area contributed by atoms with E-state index >= 15 is 0 Å². The molecule has 2 N–H and O–H groups in total.